The lowest BCUT2D eigenvalue weighted by Gasteiger charge is -2.13. The number of hydrazone groups is 1. The normalized spacial score (nSPS) is 11.2. The Labute approximate surface area is 140 Å². The second-order valence-electron chi connectivity index (χ2n) is 5.23. The van der Waals surface area contributed by atoms with Crippen LogP contribution in [0, 0.1) is 0 Å². The maximum Gasteiger partial charge on any atom is 0.0754 e. The molecule has 0 amide bonds. The Bertz CT molecular complexity index is 740. The Morgan fingerprint density at radius 1 is 1.13 bits per heavy atom. The molecule has 2 aromatic rings. The third kappa shape index (κ3) is 4.23. The molecule has 5 nitrogen and oxygen atoms in total. The first-order chi connectivity index (χ1) is 10.9. The minimum absolute atomic E-state index is 0.0417. The van der Waals surface area contributed by atoms with Crippen LogP contribution in [0.25, 0.3) is 0 Å². The van der Waals surface area contributed by atoms with E-state index in [-0.39, 0.29) is 5.56 Å². The van der Waals surface area contributed by atoms with E-state index in [9.17, 15) is 9.90 Å². The van der Waals surface area contributed by atoms with Crippen LogP contribution in [0.5, 0.6) is 0 Å². The van der Waals surface area contributed by atoms with E-state index in [0.29, 0.717) is 10.7 Å². The van der Waals surface area contributed by atoms with Crippen molar-refractivity contribution in [3.63, 3.8) is 0 Å². The number of carbonyl (C=O) groups is 1. The van der Waals surface area contributed by atoms with Crippen LogP contribution in [-0.4, -0.2) is 25.8 Å². The number of anilines is 2. The van der Waals surface area contributed by atoms with Gasteiger partial charge in [0, 0.05) is 19.8 Å². The molecule has 0 radical (unpaired) electrons. The number of nitrogens with one attached hydrogen (secondary N) is 1. The summed E-state index contributed by atoms with van der Waals surface area (Å²) in [6.45, 7) is 1.86. The van der Waals surface area contributed by atoms with Gasteiger partial charge in [-0.15, -0.1) is 0 Å². The molecule has 2 rings (SSSR count). The summed E-state index contributed by atoms with van der Waals surface area (Å²) < 4.78 is 0. The van der Waals surface area contributed by atoms with Crippen LogP contribution in [0.3, 0.4) is 0 Å². The highest BCUT2D eigenvalue weighted by molar-refractivity contribution is 6.33. The first-order valence-corrected chi connectivity index (χ1v) is 7.35. The third-order valence-corrected chi connectivity index (χ3v) is 3.68. The first kappa shape index (κ1) is 16.8. The van der Waals surface area contributed by atoms with Crippen molar-refractivity contribution in [2.45, 2.75) is 6.92 Å². The molecular formula is C17H17ClN3O2-. The maximum atomic E-state index is 10.9. The van der Waals surface area contributed by atoms with Crippen LogP contribution in [0.4, 0.5) is 11.4 Å². The Morgan fingerprint density at radius 2 is 1.74 bits per heavy atom. The molecule has 1 N–H and O–H groups in total. The van der Waals surface area contributed by atoms with E-state index in [4.69, 9.17) is 11.6 Å². The number of aromatic carboxylic acids is 1. The average Bonchev–Trinajstić information content (AvgIpc) is 2.53. The Kier molecular flexibility index (Phi) is 5.24. The predicted octanol–water partition coefficient (Wildman–Crippen LogP) is 2.61. The van der Waals surface area contributed by atoms with E-state index in [1.54, 1.807) is 0 Å². The van der Waals surface area contributed by atoms with E-state index in [0.717, 1.165) is 17.0 Å². The minimum atomic E-state index is -1.26. The number of halogens is 1. The number of carbonyl (C=O) groups excluding carboxylic acids is 1. The Morgan fingerprint density at radius 3 is 2.30 bits per heavy atom. The largest absolute Gasteiger partial charge is 0.545 e. The molecule has 6 heteroatoms. The van der Waals surface area contributed by atoms with Gasteiger partial charge in [-0.3, -0.25) is 5.43 Å². The molecule has 0 heterocycles. The number of nitrogens with zero attached hydrogens (tertiary/aromatic N) is 2. The van der Waals surface area contributed by atoms with Gasteiger partial charge in [-0.05, 0) is 42.3 Å². The Balaban J connectivity index is 2.19. The van der Waals surface area contributed by atoms with E-state index in [1.165, 1.54) is 18.2 Å². The summed E-state index contributed by atoms with van der Waals surface area (Å²) >= 11 is 6.04. The van der Waals surface area contributed by atoms with Gasteiger partial charge in [-0.1, -0.05) is 29.8 Å². The SMILES string of the molecule is C/C(=N/Nc1cc(C(=O)[O-])ccc1Cl)c1ccc(N(C)C)cc1. The van der Waals surface area contributed by atoms with Gasteiger partial charge in [0.25, 0.3) is 0 Å². The third-order valence-electron chi connectivity index (χ3n) is 3.35. The van der Waals surface area contributed by atoms with Crippen molar-refractivity contribution < 1.29 is 9.90 Å². The van der Waals surface area contributed by atoms with E-state index < -0.39 is 5.97 Å². The Hall–Kier alpha value is -2.53. The molecule has 0 atom stereocenters. The van der Waals surface area contributed by atoms with Crippen LogP contribution in [0.2, 0.25) is 5.02 Å². The molecule has 0 spiro atoms. The van der Waals surface area contributed by atoms with Crippen molar-refractivity contribution in [1.29, 1.82) is 0 Å². The van der Waals surface area contributed by atoms with Crippen LogP contribution >= 0.6 is 11.6 Å². The molecule has 0 fully saturated rings. The van der Waals surface area contributed by atoms with Gasteiger partial charge in [-0.25, -0.2) is 0 Å². The summed E-state index contributed by atoms with van der Waals surface area (Å²) in [4.78, 5) is 12.9. The zero-order valence-corrected chi connectivity index (χ0v) is 13.9. The molecule has 23 heavy (non-hydrogen) atoms. The fourth-order valence-electron chi connectivity index (χ4n) is 1.95. The standard InChI is InChI=1S/C17H18ClN3O2/c1-11(12-4-7-14(8-5-12)21(2)3)19-20-16-10-13(17(22)23)6-9-15(16)18/h4-10,20H,1-3H3,(H,22,23)/p-1/b19-11-. The highest BCUT2D eigenvalue weighted by atomic mass is 35.5. The average molecular weight is 331 g/mol. The number of benzene rings is 2. The van der Waals surface area contributed by atoms with Crippen molar-refractivity contribution >= 4 is 34.7 Å². The molecule has 0 aromatic heterocycles. The van der Waals surface area contributed by atoms with Crippen LogP contribution in [-0.2, 0) is 0 Å². The minimum Gasteiger partial charge on any atom is -0.545 e. The highest BCUT2D eigenvalue weighted by Gasteiger charge is 2.04. The topological polar surface area (TPSA) is 67.8 Å². The fourth-order valence-corrected chi connectivity index (χ4v) is 2.11. The molecule has 0 saturated heterocycles. The van der Waals surface area contributed by atoms with Crippen molar-refractivity contribution in [2.75, 3.05) is 24.4 Å². The van der Waals surface area contributed by atoms with Gasteiger partial charge in [0.2, 0.25) is 0 Å². The number of hydrogen-bond acceptors (Lipinski definition) is 5. The van der Waals surface area contributed by atoms with Gasteiger partial charge in [0.05, 0.1) is 22.4 Å². The summed E-state index contributed by atoms with van der Waals surface area (Å²) in [5.41, 5.74) is 6.06. The smallest absolute Gasteiger partial charge is 0.0754 e. The zero-order valence-electron chi connectivity index (χ0n) is 13.1. The number of hydrogen-bond donors (Lipinski definition) is 1. The lowest BCUT2D eigenvalue weighted by Crippen LogP contribution is -2.22. The van der Waals surface area contributed by atoms with Crippen LogP contribution in [0.15, 0.2) is 47.6 Å². The molecule has 0 aliphatic rings. The molecule has 0 bridgehead atoms. The number of carboxylic acid groups (broad SMARTS) is 1. The second-order valence-corrected chi connectivity index (χ2v) is 5.64. The quantitative estimate of drug-likeness (QED) is 0.676. The van der Waals surface area contributed by atoms with E-state index in [1.807, 2.05) is 50.2 Å². The predicted molar refractivity (Wildman–Crippen MR) is 92.4 cm³/mol. The monoisotopic (exact) mass is 330 g/mol. The molecule has 0 unspecified atom stereocenters. The maximum absolute atomic E-state index is 10.9. The summed E-state index contributed by atoms with van der Waals surface area (Å²) in [5.74, 6) is -1.26. The van der Waals surface area contributed by atoms with E-state index >= 15 is 0 Å². The highest BCUT2D eigenvalue weighted by Crippen LogP contribution is 2.23. The van der Waals surface area contributed by atoms with Crippen molar-refractivity contribution in [3.8, 4) is 0 Å². The molecule has 0 aliphatic heterocycles. The van der Waals surface area contributed by atoms with Crippen LogP contribution < -0.4 is 15.4 Å². The molecule has 2 aromatic carbocycles. The van der Waals surface area contributed by atoms with Gasteiger partial charge in [0.1, 0.15) is 0 Å². The van der Waals surface area contributed by atoms with Gasteiger partial charge >= 0.3 is 0 Å². The summed E-state index contributed by atoms with van der Waals surface area (Å²) in [7, 11) is 3.95. The molecule has 0 saturated carbocycles. The summed E-state index contributed by atoms with van der Waals surface area (Å²) in [6, 6.07) is 12.2. The summed E-state index contributed by atoms with van der Waals surface area (Å²) in [6.07, 6.45) is 0. The second kappa shape index (κ2) is 7.15. The lowest BCUT2D eigenvalue weighted by atomic mass is 10.1. The molecule has 120 valence electrons. The van der Waals surface area contributed by atoms with Crippen LogP contribution in [0.1, 0.15) is 22.8 Å². The fraction of sp³-hybridized carbons (Fsp3) is 0.176. The van der Waals surface area contributed by atoms with Gasteiger partial charge in [-0.2, -0.15) is 5.10 Å². The number of carboxylic acids is 1. The van der Waals surface area contributed by atoms with E-state index in [2.05, 4.69) is 10.5 Å². The van der Waals surface area contributed by atoms with Gasteiger partial charge in [0.15, 0.2) is 0 Å². The van der Waals surface area contributed by atoms with Gasteiger partial charge < -0.3 is 14.8 Å². The van der Waals surface area contributed by atoms with Crippen molar-refractivity contribution in [2.24, 2.45) is 5.10 Å². The number of rotatable bonds is 5. The molecule has 0 aliphatic carbocycles. The van der Waals surface area contributed by atoms with Crippen molar-refractivity contribution in [3.05, 3.63) is 58.6 Å². The first-order valence-electron chi connectivity index (χ1n) is 6.97. The lowest BCUT2D eigenvalue weighted by molar-refractivity contribution is -0.255. The molecular weight excluding hydrogens is 314 g/mol. The zero-order chi connectivity index (χ0) is 17.0. The summed E-state index contributed by atoms with van der Waals surface area (Å²) in [5, 5.41) is 15.5. The van der Waals surface area contributed by atoms with Crippen molar-refractivity contribution in [1.82, 2.24) is 0 Å².